The molecule has 0 saturated heterocycles. The third kappa shape index (κ3) is 4.05. The number of carbonyl (C=O) groups is 1. The molecule has 9 nitrogen and oxygen atoms in total. The zero-order valence-electron chi connectivity index (χ0n) is 14.6. The van der Waals surface area contributed by atoms with E-state index in [9.17, 15) is 4.79 Å². The van der Waals surface area contributed by atoms with Crippen molar-refractivity contribution in [3.8, 4) is 0 Å². The van der Waals surface area contributed by atoms with E-state index in [1.165, 1.54) is 0 Å². The van der Waals surface area contributed by atoms with Crippen molar-refractivity contribution >= 4 is 5.91 Å². The van der Waals surface area contributed by atoms with Gasteiger partial charge in [-0.3, -0.25) is 9.48 Å². The number of aryl methyl sites for hydroxylation is 1. The molecule has 3 rings (SSSR count). The van der Waals surface area contributed by atoms with Gasteiger partial charge in [-0.15, -0.1) is 5.10 Å². The molecular formula is C16H25N7O2. The molecule has 0 radical (unpaired) electrons. The molecule has 25 heavy (non-hydrogen) atoms. The van der Waals surface area contributed by atoms with E-state index >= 15 is 0 Å². The average molecular weight is 347 g/mol. The monoisotopic (exact) mass is 347 g/mol. The zero-order valence-corrected chi connectivity index (χ0v) is 14.6. The number of amides is 1. The van der Waals surface area contributed by atoms with Crippen LogP contribution in [0.2, 0.25) is 0 Å². The number of methoxy groups -OCH3 is 1. The van der Waals surface area contributed by atoms with Crippen LogP contribution in [0.25, 0.3) is 0 Å². The van der Waals surface area contributed by atoms with Gasteiger partial charge in [0.1, 0.15) is 0 Å². The van der Waals surface area contributed by atoms with Gasteiger partial charge in [0.2, 0.25) is 0 Å². The summed E-state index contributed by atoms with van der Waals surface area (Å²) < 4.78 is 8.72. The largest absolute Gasteiger partial charge is 0.382 e. The maximum absolute atomic E-state index is 12.6. The van der Waals surface area contributed by atoms with Crippen molar-refractivity contribution in [1.29, 1.82) is 0 Å². The summed E-state index contributed by atoms with van der Waals surface area (Å²) in [4.78, 5) is 12.6. The van der Waals surface area contributed by atoms with Crippen molar-refractivity contribution in [1.82, 2.24) is 30.1 Å². The van der Waals surface area contributed by atoms with Crippen LogP contribution in [0.15, 0.2) is 18.5 Å². The van der Waals surface area contributed by atoms with E-state index in [0.29, 0.717) is 12.3 Å². The van der Waals surface area contributed by atoms with Gasteiger partial charge >= 0.3 is 0 Å². The lowest BCUT2D eigenvalue weighted by molar-refractivity contribution is 0.0887. The predicted octanol–water partition coefficient (Wildman–Crippen LogP) is 0.572. The molecule has 0 aliphatic heterocycles. The molecule has 136 valence electrons. The fourth-order valence-electron chi connectivity index (χ4n) is 3.25. The van der Waals surface area contributed by atoms with Crippen molar-refractivity contribution in [3.05, 3.63) is 29.8 Å². The Morgan fingerprint density at radius 3 is 2.84 bits per heavy atom. The first-order valence-corrected chi connectivity index (χ1v) is 8.53. The number of ether oxygens (including phenoxy) is 1. The van der Waals surface area contributed by atoms with E-state index in [0.717, 1.165) is 31.4 Å². The van der Waals surface area contributed by atoms with Gasteiger partial charge in [-0.05, 0) is 31.7 Å². The van der Waals surface area contributed by atoms with Gasteiger partial charge in [-0.25, -0.2) is 4.68 Å². The number of carbonyl (C=O) groups excluding carboxylic acids is 1. The van der Waals surface area contributed by atoms with Crippen LogP contribution in [0.3, 0.4) is 0 Å². The van der Waals surface area contributed by atoms with Gasteiger partial charge in [-0.1, -0.05) is 5.21 Å². The fourth-order valence-corrected chi connectivity index (χ4v) is 3.25. The lowest BCUT2D eigenvalue weighted by Gasteiger charge is -2.25. The molecule has 2 aromatic rings. The smallest absolute Gasteiger partial charge is 0.274 e. The highest BCUT2D eigenvalue weighted by atomic mass is 16.5. The molecule has 2 aromatic heterocycles. The molecule has 1 fully saturated rings. The van der Waals surface area contributed by atoms with E-state index in [4.69, 9.17) is 10.5 Å². The Hall–Kier alpha value is -2.26. The molecule has 1 aliphatic carbocycles. The summed E-state index contributed by atoms with van der Waals surface area (Å²) in [6.07, 6.45) is 7.28. The third-order valence-corrected chi connectivity index (χ3v) is 4.71. The quantitative estimate of drug-likeness (QED) is 0.790. The molecule has 1 saturated carbocycles. The second-order valence-electron chi connectivity index (χ2n) is 6.51. The molecule has 1 unspecified atom stereocenters. The Labute approximate surface area is 146 Å². The minimum absolute atomic E-state index is 0.265. The highest BCUT2D eigenvalue weighted by Gasteiger charge is 2.24. The first-order chi connectivity index (χ1) is 12.1. The van der Waals surface area contributed by atoms with Crippen LogP contribution in [0, 0.1) is 0 Å². The zero-order chi connectivity index (χ0) is 17.8. The Morgan fingerprint density at radius 2 is 2.20 bits per heavy atom. The van der Waals surface area contributed by atoms with Gasteiger partial charge in [0.05, 0.1) is 30.6 Å². The highest BCUT2D eigenvalue weighted by molar-refractivity contribution is 5.92. The topological polar surface area (TPSA) is 113 Å². The van der Waals surface area contributed by atoms with E-state index in [-0.39, 0.29) is 24.0 Å². The van der Waals surface area contributed by atoms with E-state index < -0.39 is 0 Å². The molecule has 1 aliphatic rings. The Balaban J connectivity index is 1.67. The van der Waals surface area contributed by atoms with Gasteiger partial charge in [0, 0.05) is 26.4 Å². The summed E-state index contributed by atoms with van der Waals surface area (Å²) in [6.45, 7) is 0.347. The van der Waals surface area contributed by atoms with Crippen LogP contribution in [0.5, 0.6) is 0 Å². The minimum atomic E-state index is -0.303. The number of nitrogens with one attached hydrogen (secondary N) is 1. The molecule has 1 atom stereocenters. The summed E-state index contributed by atoms with van der Waals surface area (Å²) in [5.74, 6) is -0.276. The Morgan fingerprint density at radius 1 is 1.44 bits per heavy atom. The number of hydrogen-bond donors (Lipinski definition) is 2. The van der Waals surface area contributed by atoms with Crippen molar-refractivity contribution < 1.29 is 9.53 Å². The van der Waals surface area contributed by atoms with Crippen molar-refractivity contribution in [3.63, 3.8) is 0 Å². The normalized spacial score (nSPS) is 21.9. The first-order valence-electron chi connectivity index (χ1n) is 8.53. The summed E-state index contributed by atoms with van der Waals surface area (Å²) >= 11 is 0. The lowest BCUT2D eigenvalue weighted by atomic mass is 9.92. The van der Waals surface area contributed by atoms with Gasteiger partial charge in [-0.2, -0.15) is 5.10 Å². The van der Waals surface area contributed by atoms with Crippen LogP contribution in [0.4, 0.5) is 0 Å². The maximum Gasteiger partial charge on any atom is 0.274 e. The van der Waals surface area contributed by atoms with Gasteiger partial charge in [0.15, 0.2) is 5.69 Å². The molecule has 9 heteroatoms. The van der Waals surface area contributed by atoms with Gasteiger partial charge < -0.3 is 15.8 Å². The van der Waals surface area contributed by atoms with E-state index in [1.54, 1.807) is 28.9 Å². The highest BCUT2D eigenvalue weighted by Crippen LogP contribution is 2.26. The molecule has 3 N–H and O–H groups in total. The lowest BCUT2D eigenvalue weighted by Crippen LogP contribution is -2.33. The van der Waals surface area contributed by atoms with Crippen LogP contribution in [0.1, 0.15) is 53.9 Å². The Kier molecular flexibility index (Phi) is 5.44. The van der Waals surface area contributed by atoms with Crippen LogP contribution in [-0.2, 0) is 11.8 Å². The van der Waals surface area contributed by atoms with Crippen molar-refractivity contribution in [2.24, 2.45) is 12.8 Å². The standard InChI is InChI=1S/C16H25N7O2/c1-22-15(7-8-18-22)14(10-25-2)19-16(24)13-9-23(21-20-13)12-5-3-11(17)4-6-12/h7-9,11-12,14H,3-6,10,17H2,1-2H3,(H,19,24). The molecule has 0 aromatic carbocycles. The summed E-state index contributed by atoms with van der Waals surface area (Å²) in [5, 5.41) is 15.2. The second kappa shape index (κ2) is 7.75. The van der Waals surface area contributed by atoms with Crippen LogP contribution >= 0.6 is 0 Å². The Bertz CT molecular complexity index is 703. The van der Waals surface area contributed by atoms with Crippen molar-refractivity contribution in [2.45, 2.75) is 43.8 Å². The molecule has 0 bridgehead atoms. The van der Waals surface area contributed by atoms with E-state index in [1.807, 2.05) is 13.1 Å². The first kappa shape index (κ1) is 17.6. The predicted molar refractivity (Wildman–Crippen MR) is 90.8 cm³/mol. The summed E-state index contributed by atoms with van der Waals surface area (Å²) in [6, 6.07) is 2.09. The van der Waals surface area contributed by atoms with Crippen LogP contribution in [-0.4, -0.2) is 50.4 Å². The second-order valence-corrected chi connectivity index (χ2v) is 6.51. The number of hydrogen-bond acceptors (Lipinski definition) is 6. The van der Waals surface area contributed by atoms with Crippen molar-refractivity contribution in [2.75, 3.05) is 13.7 Å². The van der Waals surface area contributed by atoms with Crippen LogP contribution < -0.4 is 11.1 Å². The summed E-state index contributed by atoms with van der Waals surface area (Å²) in [7, 11) is 3.42. The number of rotatable bonds is 6. The summed E-state index contributed by atoms with van der Waals surface area (Å²) in [5.41, 5.74) is 7.11. The third-order valence-electron chi connectivity index (χ3n) is 4.71. The molecule has 0 spiro atoms. The average Bonchev–Trinajstić information content (AvgIpc) is 3.24. The number of nitrogens with zero attached hydrogens (tertiary/aromatic N) is 5. The fraction of sp³-hybridized carbons (Fsp3) is 0.625. The maximum atomic E-state index is 12.6. The number of nitrogens with two attached hydrogens (primary N) is 1. The van der Waals surface area contributed by atoms with Gasteiger partial charge in [0.25, 0.3) is 5.91 Å². The molecular weight excluding hydrogens is 322 g/mol. The minimum Gasteiger partial charge on any atom is -0.382 e. The molecule has 2 heterocycles. The van der Waals surface area contributed by atoms with E-state index in [2.05, 4.69) is 20.7 Å². The SMILES string of the molecule is COCC(NC(=O)c1cn(C2CCC(N)CC2)nn1)c1ccnn1C. The molecule has 1 amide bonds. The number of aromatic nitrogens is 5.